The molecule has 0 unspecified atom stereocenters. The van der Waals surface area contributed by atoms with Gasteiger partial charge < -0.3 is 14.2 Å². The Bertz CT molecular complexity index is 841. The number of hydrogen-bond acceptors (Lipinski definition) is 6. The molecule has 0 rings (SSSR count). The van der Waals surface area contributed by atoms with Crippen LogP contribution in [0, 0.1) is 5.92 Å². The Morgan fingerprint density at radius 3 is 0.875 bits per heavy atom. The van der Waals surface area contributed by atoms with Crippen LogP contribution in [-0.4, -0.2) is 37.2 Å². The molecule has 0 aliphatic heterocycles. The highest BCUT2D eigenvalue weighted by Gasteiger charge is 2.19. The minimum absolute atomic E-state index is 0.0635. The molecule has 0 aliphatic carbocycles. The summed E-state index contributed by atoms with van der Waals surface area (Å²) in [7, 11) is 0. The first-order valence-corrected chi connectivity index (χ1v) is 24.9. The summed E-state index contributed by atoms with van der Waals surface area (Å²) in [5.41, 5.74) is 0. The van der Waals surface area contributed by atoms with Gasteiger partial charge in [-0.1, -0.05) is 240 Å². The molecule has 0 fully saturated rings. The highest BCUT2D eigenvalue weighted by molar-refractivity contribution is 5.71. The number of carbonyl (C=O) groups is 3. The van der Waals surface area contributed by atoms with Gasteiger partial charge in [0.2, 0.25) is 0 Å². The van der Waals surface area contributed by atoms with Crippen molar-refractivity contribution in [3.63, 3.8) is 0 Å². The minimum atomic E-state index is -0.760. The molecule has 0 heterocycles. The summed E-state index contributed by atoms with van der Waals surface area (Å²) in [6, 6.07) is 0. The standard InChI is InChI=1S/C50H96O6/c1-5-7-9-11-13-15-17-19-21-23-25-30-34-38-42-49(52)55-45-47(56-50(53)43-39-35-31-27-26-28-32-36-40-46(3)4)44-54-48(51)41-37-33-29-24-22-20-18-16-14-12-10-8-6-2/h46-47H,5-45H2,1-4H3/t47-/m0/s1. The quantitative estimate of drug-likeness (QED) is 0.0347. The highest BCUT2D eigenvalue weighted by atomic mass is 16.6. The molecule has 332 valence electrons. The van der Waals surface area contributed by atoms with Crippen LogP contribution >= 0.6 is 0 Å². The van der Waals surface area contributed by atoms with Gasteiger partial charge in [0.1, 0.15) is 13.2 Å². The Hall–Kier alpha value is -1.59. The molecule has 0 N–H and O–H groups in total. The Labute approximate surface area is 348 Å². The first kappa shape index (κ1) is 54.4. The van der Waals surface area contributed by atoms with E-state index in [1.54, 1.807) is 0 Å². The van der Waals surface area contributed by atoms with Gasteiger partial charge in [0.15, 0.2) is 6.10 Å². The molecular weight excluding hydrogens is 697 g/mol. The smallest absolute Gasteiger partial charge is 0.306 e. The molecule has 0 radical (unpaired) electrons. The second kappa shape index (κ2) is 44.5. The van der Waals surface area contributed by atoms with Gasteiger partial charge in [-0.25, -0.2) is 0 Å². The van der Waals surface area contributed by atoms with Crippen molar-refractivity contribution in [1.29, 1.82) is 0 Å². The maximum atomic E-state index is 12.7. The molecule has 0 aromatic heterocycles. The largest absolute Gasteiger partial charge is 0.462 e. The van der Waals surface area contributed by atoms with E-state index in [4.69, 9.17) is 14.2 Å². The SMILES string of the molecule is CCCCCCCCCCCCCCCCC(=O)OC[C@H](COC(=O)CCCCCCCCCCCCCCC)OC(=O)CCCCCCCCCCC(C)C. The van der Waals surface area contributed by atoms with Gasteiger partial charge in [-0.3, -0.25) is 14.4 Å². The zero-order valence-corrected chi connectivity index (χ0v) is 38.1. The molecule has 0 spiro atoms. The zero-order chi connectivity index (χ0) is 41.0. The Morgan fingerprint density at radius 1 is 0.339 bits per heavy atom. The Kier molecular flexibility index (Phi) is 43.2. The van der Waals surface area contributed by atoms with Crippen molar-refractivity contribution in [3.8, 4) is 0 Å². The van der Waals surface area contributed by atoms with Crippen LogP contribution in [0.2, 0.25) is 0 Å². The molecule has 0 bridgehead atoms. The molecule has 1 atom stereocenters. The molecule has 0 aliphatic rings. The first-order chi connectivity index (χ1) is 27.4. The van der Waals surface area contributed by atoms with Gasteiger partial charge in [0.25, 0.3) is 0 Å². The number of hydrogen-bond donors (Lipinski definition) is 0. The molecule has 0 amide bonds. The summed E-state index contributed by atoms with van der Waals surface area (Å²) >= 11 is 0. The normalized spacial score (nSPS) is 11.9. The van der Waals surface area contributed by atoms with Crippen LogP contribution < -0.4 is 0 Å². The second-order valence-electron chi connectivity index (χ2n) is 17.6. The van der Waals surface area contributed by atoms with Gasteiger partial charge >= 0.3 is 17.9 Å². The van der Waals surface area contributed by atoms with E-state index < -0.39 is 6.10 Å². The van der Waals surface area contributed by atoms with Crippen LogP contribution in [0.1, 0.15) is 278 Å². The van der Waals surface area contributed by atoms with Crippen molar-refractivity contribution in [2.24, 2.45) is 5.92 Å². The van der Waals surface area contributed by atoms with Crippen molar-refractivity contribution in [2.45, 2.75) is 284 Å². The van der Waals surface area contributed by atoms with Gasteiger partial charge in [-0.15, -0.1) is 0 Å². The fourth-order valence-electron chi connectivity index (χ4n) is 7.51. The third-order valence-corrected chi connectivity index (χ3v) is 11.3. The monoisotopic (exact) mass is 793 g/mol. The fraction of sp³-hybridized carbons (Fsp3) is 0.940. The molecule has 6 heteroatoms. The zero-order valence-electron chi connectivity index (χ0n) is 38.1. The molecule has 6 nitrogen and oxygen atoms in total. The van der Waals surface area contributed by atoms with Gasteiger partial charge in [-0.2, -0.15) is 0 Å². The van der Waals surface area contributed by atoms with Crippen molar-refractivity contribution >= 4 is 17.9 Å². The van der Waals surface area contributed by atoms with E-state index in [0.29, 0.717) is 19.3 Å². The van der Waals surface area contributed by atoms with E-state index in [1.165, 1.54) is 173 Å². The van der Waals surface area contributed by atoms with Gasteiger partial charge in [0, 0.05) is 19.3 Å². The summed E-state index contributed by atoms with van der Waals surface area (Å²) < 4.78 is 16.8. The van der Waals surface area contributed by atoms with Crippen molar-refractivity contribution in [3.05, 3.63) is 0 Å². The average molecular weight is 793 g/mol. The number of rotatable bonds is 45. The number of ether oxygens (including phenoxy) is 3. The molecule has 0 saturated heterocycles. The van der Waals surface area contributed by atoms with Crippen molar-refractivity contribution in [1.82, 2.24) is 0 Å². The van der Waals surface area contributed by atoms with Crippen molar-refractivity contribution in [2.75, 3.05) is 13.2 Å². The molecule has 0 aromatic carbocycles. The Morgan fingerprint density at radius 2 is 0.589 bits per heavy atom. The summed E-state index contributed by atoms with van der Waals surface area (Å²) in [5.74, 6) is -0.0556. The van der Waals surface area contributed by atoms with E-state index in [2.05, 4.69) is 27.7 Å². The number of esters is 3. The third-order valence-electron chi connectivity index (χ3n) is 11.3. The van der Waals surface area contributed by atoms with Crippen LogP contribution in [0.5, 0.6) is 0 Å². The van der Waals surface area contributed by atoms with E-state index in [0.717, 1.165) is 63.7 Å². The van der Waals surface area contributed by atoms with Gasteiger partial charge in [-0.05, 0) is 25.2 Å². The lowest BCUT2D eigenvalue weighted by atomic mass is 10.0. The van der Waals surface area contributed by atoms with E-state index in [-0.39, 0.29) is 31.1 Å². The number of unbranched alkanes of at least 4 members (excludes halogenated alkanes) is 32. The van der Waals surface area contributed by atoms with Crippen molar-refractivity contribution < 1.29 is 28.6 Å². The van der Waals surface area contributed by atoms with E-state index >= 15 is 0 Å². The van der Waals surface area contributed by atoms with Crippen LogP contribution in [0.4, 0.5) is 0 Å². The molecule has 56 heavy (non-hydrogen) atoms. The highest BCUT2D eigenvalue weighted by Crippen LogP contribution is 2.17. The van der Waals surface area contributed by atoms with Gasteiger partial charge in [0.05, 0.1) is 0 Å². The van der Waals surface area contributed by atoms with E-state index in [1.807, 2.05) is 0 Å². The van der Waals surface area contributed by atoms with Crippen LogP contribution in [0.25, 0.3) is 0 Å². The summed E-state index contributed by atoms with van der Waals surface area (Å²) in [6.07, 6.45) is 45.1. The summed E-state index contributed by atoms with van der Waals surface area (Å²) in [4.78, 5) is 37.8. The molecular formula is C50H96O6. The second-order valence-corrected chi connectivity index (χ2v) is 17.6. The lowest BCUT2D eigenvalue weighted by Gasteiger charge is -2.18. The van der Waals surface area contributed by atoms with E-state index in [9.17, 15) is 14.4 Å². The maximum Gasteiger partial charge on any atom is 0.306 e. The lowest BCUT2D eigenvalue weighted by Crippen LogP contribution is -2.30. The third kappa shape index (κ3) is 43.5. The van der Waals surface area contributed by atoms with Crippen LogP contribution in [0.3, 0.4) is 0 Å². The topological polar surface area (TPSA) is 78.9 Å². The summed E-state index contributed by atoms with van der Waals surface area (Å²) in [5, 5.41) is 0. The van der Waals surface area contributed by atoms with Crippen LogP contribution in [-0.2, 0) is 28.6 Å². The first-order valence-electron chi connectivity index (χ1n) is 24.9. The molecule has 0 saturated carbocycles. The van der Waals surface area contributed by atoms with Crippen LogP contribution in [0.15, 0.2) is 0 Å². The molecule has 0 aromatic rings. The predicted octanol–water partition coefficient (Wildman–Crippen LogP) is 15.9. The lowest BCUT2D eigenvalue weighted by molar-refractivity contribution is -0.167. The maximum absolute atomic E-state index is 12.7. The fourth-order valence-corrected chi connectivity index (χ4v) is 7.51. The minimum Gasteiger partial charge on any atom is -0.462 e. The Balaban J connectivity index is 4.30. The summed E-state index contributed by atoms with van der Waals surface area (Å²) in [6.45, 7) is 8.98. The predicted molar refractivity (Wildman–Crippen MR) is 238 cm³/mol. The number of carbonyl (C=O) groups excluding carboxylic acids is 3. The average Bonchev–Trinajstić information content (AvgIpc) is 3.18.